The third kappa shape index (κ3) is 3.59. The Labute approximate surface area is 152 Å². The molecule has 3 aromatic rings. The van der Waals surface area contributed by atoms with E-state index in [0.717, 1.165) is 17.1 Å². The van der Waals surface area contributed by atoms with Gasteiger partial charge in [0.15, 0.2) is 0 Å². The summed E-state index contributed by atoms with van der Waals surface area (Å²) in [6.45, 7) is 6.97. The summed E-state index contributed by atoms with van der Waals surface area (Å²) in [7, 11) is 0. The molecule has 0 bridgehead atoms. The molecule has 0 spiro atoms. The number of nitrogens with zero attached hydrogens (tertiary/aromatic N) is 3. The maximum atomic E-state index is 12.7. The van der Waals surface area contributed by atoms with Gasteiger partial charge in [-0.3, -0.25) is 14.6 Å². The molecule has 0 aromatic carbocycles. The van der Waals surface area contributed by atoms with E-state index in [2.05, 4.69) is 14.9 Å². The number of carbonyl (C=O) groups excluding carboxylic acids is 1. The van der Waals surface area contributed by atoms with Gasteiger partial charge in [0, 0.05) is 36.4 Å². The van der Waals surface area contributed by atoms with Crippen molar-refractivity contribution in [1.82, 2.24) is 14.1 Å². The van der Waals surface area contributed by atoms with Crippen molar-refractivity contribution in [3.8, 4) is 0 Å². The van der Waals surface area contributed by atoms with Crippen LogP contribution in [0.3, 0.4) is 0 Å². The fourth-order valence-electron chi connectivity index (χ4n) is 2.98. The average Bonchev–Trinajstić information content (AvgIpc) is 2.92. The largest absolute Gasteiger partial charge is 0.342 e. The lowest BCUT2D eigenvalue weighted by Crippen LogP contribution is -2.20. The number of amides is 1. The molecule has 0 radical (unpaired) electrons. The summed E-state index contributed by atoms with van der Waals surface area (Å²) >= 11 is 0. The topological polar surface area (TPSA) is 68.9 Å². The fraction of sp³-hybridized carbons (Fsp3) is 0.250. The zero-order chi connectivity index (χ0) is 18.7. The molecule has 0 aliphatic rings. The Kier molecular flexibility index (Phi) is 5.02. The summed E-state index contributed by atoms with van der Waals surface area (Å²) in [6.07, 6.45) is 3.42. The van der Waals surface area contributed by atoms with Gasteiger partial charge in [-0.1, -0.05) is 6.07 Å². The Morgan fingerprint density at radius 2 is 2.00 bits per heavy atom. The lowest BCUT2D eigenvalue weighted by Gasteiger charge is -2.10. The Balaban J connectivity index is 1.84. The Morgan fingerprint density at radius 3 is 2.69 bits per heavy atom. The highest BCUT2D eigenvalue weighted by atomic mass is 16.1. The summed E-state index contributed by atoms with van der Waals surface area (Å²) in [4.78, 5) is 28.7. The van der Waals surface area contributed by atoms with E-state index < -0.39 is 0 Å². The number of nitrogens with one attached hydrogen (secondary N) is 1. The first kappa shape index (κ1) is 17.7. The fourth-order valence-corrected chi connectivity index (χ4v) is 2.98. The molecule has 0 atom stereocenters. The molecule has 134 valence electrons. The SMILES string of the molecule is CCn1cc(NC(=O)c2cc(C)n(Cc3ccccn3)c2C)ccc1=O. The Hall–Kier alpha value is -3.15. The van der Waals surface area contributed by atoms with E-state index in [-0.39, 0.29) is 11.5 Å². The molecule has 0 fully saturated rings. The zero-order valence-corrected chi connectivity index (χ0v) is 15.2. The smallest absolute Gasteiger partial charge is 0.257 e. The summed E-state index contributed by atoms with van der Waals surface area (Å²) in [5.74, 6) is -0.188. The van der Waals surface area contributed by atoms with Gasteiger partial charge in [-0.15, -0.1) is 0 Å². The number of aryl methyl sites for hydroxylation is 2. The van der Waals surface area contributed by atoms with Crippen LogP contribution < -0.4 is 10.9 Å². The molecule has 1 amide bonds. The third-order valence-corrected chi connectivity index (χ3v) is 4.45. The normalized spacial score (nSPS) is 10.7. The van der Waals surface area contributed by atoms with Crippen LogP contribution in [-0.4, -0.2) is 20.0 Å². The van der Waals surface area contributed by atoms with Crippen LogP contribution in [-0.2, 0) is 13.1 Å². The zero-order valence-electron chi connectivity index (χ0n) is 15.2. The molecule has 0 saturated carbocycles. The quantitative estimate of drug-likeness (QED) is 0.769. The lowest BCUT2D eigenvalue weighted by molar-refractivity contribution is 0.102. The minimum absolute atomic E-state index is 0.0842. The summed E-state index contributed by atoms with van der Waals surface area (Å²) < 4.78 is 3.63. The van der Waals surface area contributed by atoms with Crippen molar-refractivity contribution >= 4 is 11.6 Å². The van der Waals surface area contributed by atoms with Crippen LogP contribution in [0.1, 0.15) is 34.4 Å². The van der Waals surface area contributed by atoms with Crippen molar-refractivity contribution in [3.05, 3.63) is 81.8 Å². The van der Waals surface area contributed by atoms with Crippen LogP contribution in [0.4, 0.5) is 5.69 Å². The van der Waals surface area contributed by atoms with E-state index in [1.165, 1.54) is 6.07 Å². The van der Waals surface area contributed by atoms with Crippen molar-refractivity contribution in [2.24, 2.45) is 0 Å². The number of aromatic nitrogens is 3. The van der Waals surface area contributed by atoms with Gasteiger partial charge in [0.25, 0.3) is 11.5 Å². The van der Waals surface area contributed by atoms with Crippen LogP contribution in [0.15, 0.2) is 53.6 Å². The van der Waals surface area contributed by atoms with Gasteiger partial charge < -0.3 is 14.5 Å². The predicted octanol–water partition coefficient (Wildman–Crippen LogP) is 2.98. The first-order valence-corrected chi connectivity index (χ1v) is 8.58. The molecular formula is C20H22N4O2. The van der Waals surface area contributed by atoms with Gasteiger partial charge in [-0.2, -0.15) is 0 Å². The average molecular weight is 350 g/mol. The molecule has 3 rings (SSSR count). The molecule has 6 nitrogen and oxygen atoms in total. The maximum absolute atomic E-state index is 12.7. The minimum Gasteiger partial charge on any atom is -0.342 e. The highest BCUT2D eigenvalue weighted by molar-refractivity contribution is 6.05. The Morgan fingerprint density at radius 1 is 1.19 bits per heavy atom. The van der Waals surface area contributed by atoms with E-state index in [9.17, 15) is 9.59 Å². The number of hydrogen-bond donors (Lipinski definition) is 1. The molecule has 1 N–H and O–H groups in total. The first-order valence-electron chi connectivity index (χ1n) is 8.58. The van der Waals surface area contributed by atoms with Crippen molar-refractivity contribution in [3.63, 3.8) is 0 Å². The summed E-state index contributed by atoms with van der Waals surface area (Å²) in [6, 6.07) is 10.8. The van der Waals surface area contributed by atoms with Crippen LogP contribution >= 0.6 is 0 Å². The minimum atomic E-state index is -0.188. The first-order chi connectivity index (χ1) is 12.5. The van der Waals surface area contributed by atoms with Crippen LogP contribution in [0, 0.1) is 13.8 Å². The molecule has 0 unspecified atom stereocenters. The molecular weight excluding hydrogens is 328 g/mol. The number of hydrogen-bond acceptors (Lipinski definition) is 3. The van der Waals surface area contributed by atoms with Crippen LogP contribution in [0.2, 0.25) is 0 Å². The third-order valence-electron chi connectivity index (χ3n) is 4.45. The maximum Gasteiger partial charge on any atom is 0.257 e. The van der Waals surface area contributed by atoms with Crippen molar-refractivity contribution in [1.29, 1.82) is 0 Å². The van der Waals surface area contributed by atoms with Crippen molar-refractivity contribution < 1.29 is 4.79 Å². The van der Waals surface area contributed by atoms with Crippen molar-refractivity contribution in [2.45, 2.75) is 33.9 Å². The number of anilines is 1. The van der Waals surface area contributed by atoms with E-state index in [0.29, 0.717) is 24.3 Å². The van der Waals surface area contributed by atoms with E-state index in [1.54, 1.807) is 23.0 Å². The Bertz CT molecular complexity index is 987. The van der Waals surface area contributed by atoms with E-state index >= 15 is 0 Å². The highest BCUT2D eigenvalue weighted by Gasteiger charge is 2.16. The van der Waals surface area contributed by atoms with Gasteiger partial charge in [-0.05, 0) is 45.0 Å². The van der Waals surface area contributed by atoms with Crippen LogP contribution in [0.5, 0.6) is 0 Å². The molecule has 3 aromatic heterocycles. The highest BCUT2D eigenvalue weighted by Crippen LogP contribution is 2.18. The number of pyridine rings is 2. The molecule has 3 heterocycles. The van der Waals surface area contributed by atoms with Gasteiger partial charge in [0.05, 0.1) is 23.5 Å². The van der Waals surface area contributed by atoms with Crippen LogP contribution in [0.25, 0.3) is 0 Å². The van der Waals surface area contributed by atoms with Crippen molar-refractivity contribution in [2.75, 3.05) is 5.32 Å². The molecule has 0 aliphatic heterocycles. The monoisotopic (exact) mass is 350 g/mol. The van der Waals surface area contributed by atoms with Gasteiger partial charge >= 0.3 is 0 Å². The molecule has 0 saturated heterocycles. The molecule has 26 heavy (non-hydrogen) atoms. The summed E-state index contributed by atoms with van der Waals surface area (Å²) in [5.41, 5.74) is 3.96. The summed E-state index contributed by atoms with van der Waals surface area (Å²) in [5, 5.41) is 2.88. The van der Waals surface area contributed by atoms with Gasteiger partial charge in [0.1, 0.15) is 0 Å². The molecule has 0 aliphatic carbocycles. The van der Waals surface area contributed by atoms with Gasteiger partial charge in [-0.25, -0.2) is 0 Å². The standard InChI is InChI=1S/C20H22N4O2/c1-4-23-12-17(8-9-19(23)25)22-20(26)18-11-14(2)24(15(18)3)13-16-7-5-6-10-21-16/h5-12H,4,13H2,1-3H3,(H,22,26). The second kappa shape index (κ2) is 7.39. The lowest BCUT2D eigenvalue weighted by atomic mass is 10.2. The second-order valence-electron chi connectivity index (χ2n) is 6.19. The van der Waals surface area contributed by atoms with E-state index in [4.69, 9.17) is 0 Å². The number of rotatable bonds is 5. The predicted molar refractivity (Wildman–Crippen MR) is 102 cm³/mol. The number of carbonyl (C=O) groups is 1. The second-order valence-corrected chi connectivity index (χ2v) is 6.19. The molecule has 6 heteroatoms. The van der Waals surface area contributed by atoms with E-state index in [1.807, 2.05) is 45.0 Å². The van der Waals surface area contributed by atoms with Gasteiger partial charge in [0.2, 0.25) is 0 Å².